The molecule has 2 aromatic heterocycles. The fourth-order valence-electron chi connectivity index (χ4n) is 3.75. The fraction of sp³-hybridized carbons (Fsp3) is 0.273. The molecule has 1 aromatic carbocycles. The van der Waals surface area contributed by atoms with Crippen molar-refractivity contribution in [2.45, 2.75) is 19.1 Å². The van der Waals surface area contributed by atoms with Crippen LogP contribution in [-0.2, 0) is 13.1 Å². The van der Waals surface area contributed by atoms with Gasteiger partial charge in [-0.3, -0.25) is 20.3 Å². The van der Waals surface area contributed by atoms with E-state index >= 15 is 0 Å². The van der Waals surface area contributed by atoms with Gasteiger partial charge in [0.25, 0.3) is 0 Å². The van der Waals surface area contributed by atoms with E-state index in [0.29, 0.717) is 5.92 Å². The van der Waals surface area contributed by atoms with Crippen molar-refractivity contribution in [3.05, 3.63) is 95.8 Å². The van der Waals surface area contributed by atoms with Gasteiger partial charge in [-0.1, -0.05) is 24.3 Å². The molecule has 1 aliphatic heterocycles. The SMILES string of the molecule is Fc1ccc(C2NNCC2CN(Cc2cccnc2)Cc2cccnc2)cc1. The molecule has 0 bridgehead atoms. The van der Waals surface area contributed by atoms with E-state index in [4.69, 9.17) is 0 Å². The average molecular weight is 377 g/mol. The predicted octanol–water partition coefficient (Wildman–Crippen LogP) is 3.08. The quantitative estimate of drug-likeness (QED) is 0.663. The summed E-state index contributed by atoms with van der Waals surface area (Å²) in [5, 5.41) is 0. The third kappa shape index (κ3) is 4.78. The first-order valence-corrected chi connectivity index (χ1v) is 9.52. The molecule has 3 heterocycles. The molecular formula is C22H24FN5. The Kier molecular flexibility index (Phi) is 6.01. The van der Waals surface area contributed by atoms with Crippen LogP contribution in [0.1, 0.15) is 22.7 Å². The molecule has 2 unspecified atom stereocenters. The molecule has 0 amide bonds. The number of pyridine rings is 2. The van der Waals surface area contributed by atoms with Gasteiger partial charge in [0.05, 0.1) is 6.04 Å². The fourth-order valence-corrected chi connectivity index (χ4v) is 3.75. The summed E-state index contributed by atoms with van der Waals surface area (Å²) < 4.78 is 13.3. The highest BCUT2D eigenvalue weighted by Gasteiger charge is 2.30. The Bertz CT molecular complexity index is 816. The minimum Gasteiger partial charge on any atom is -0.294 e. The van der Waals surface area contributed by atoms with Gasteiger partial charge in [-0.05, 0) is 41.0 Å². The zero-order valence-corrected chi connectivity index (χ0v) is 15.6. The van der Waals surface area contributed by atoms with Gasteiger partial charge in [0.1, 0.15) is 5.82 Å². The maximum atomic E-state index is 13.3. The molecule has 2 atom stereocenters. The van der Waals surface area contributed by atoms with Gasteiger partial charge in [-0.25, -0.2) is 9.82 Å². The molecule has 0 spiro atoms. The molecule has 1 aliphatic rings. The first-order chi connectivity index (χ1) is 13.8. The number of hydrogen-bond acceptors (Lipinski definition) is 5. The van der Waals surface area contributed by atoms with Crippen molar-refractivity contribution in [1.82, 2.24) is 25.7 Å². The molecule has 4 rings (SSSR count). The Morgan fingerprint density at radius 3 is 2.14 bits per heavy atom. The summed E-state index contributed by atoms with van der Waals surface area (Å²) in [6, 6.07) is 15.1. The Morgan fingerprint density at radius 2 is 1.57 bits per heavy atom. The van der Waals surface area contributed by atoms with Gasteiger partial charge in [-0.15, -0.1) is 0 Å². The highest BCUT2D eigenvalue weighted by atomic mass is 19.1. The average Bonchev–Trinajstić information content (AvgIpc) is 3.18. The van der Waals surface area contributed by atoms with Crippen molar-refractivity contribution in [3.63, 3.8) is 0 Å². The monoisotopic (exact) mass is 377 g/mol. The number of nitrogens with zero attached hydrogens (tertiary/aromatic N) is 3. The van der Waals surface area contributed by atoms with Gasteiger partial charge < -0.3 is 0 Å². The molecular weight excluding hydrogens is 353 g/mol. The topological polar surface area (TPSA) is 53.1 Å². The highest BCUT2D eigenvalue weighted by Crippen LogP contribution is 2.27. The van der Waals surface area contributed by atoms with Crippen molar-refractivity contribution < 1.29 is 4.39 Å². The van der Waals surface area contributed by atoms with Crippen molar-refractivity contribution in [3.8, 4) is 0 Å². The van der Waals surface area contributed by atoms with E-state index in [2.05, 4.69) is 37.9 Å². The number of nitrogens with one attached hydrogen (secondary N) is 2. The van der Waals surface area contributed by atoms with E-state index in [1.54, 1.807) is 12.4 Å². The van der Waals surface area contributed by atoms with E-state index in [9.17, 15) is 4.39 Å². The van der Waals surface area contributed by atoms with Crippen molar-refractivity contribution in [2.75, 3.05) is 13.1 Å². The first-order valence-electron chi connectivity index (χ1n) is 9.52. The van der Waals surface area contributed by atoms with Crippen LogP contribution in [0, 0.1) is 11.7 Å². The predicted molar refractivity (Wildman–Crippen MR) is 106 cm³/mol. The lowest BCUT2D eigenvalue weighted by Crippen LogP contribution is -2.32. The summed E-state index contributed by atoms with van der Waals surface area (Å²) in [4.78, 5) is 10.9. The van der Waals surface area contributed by atoms with E-state index < -0.39 is 0 Å². The van der Waals surface area contributed by atoms with Crippen molar-refractivity contribution >= 4 is 0 Å². The summed E-state index contributed by atoms with van der Waals surface area (Å²) in [7, 11) is 0. The molecule has 0 saturated carbocycles. The standard InChI is InChI=1S/C22H24FN5/c23-21-7-5-19(6-8-21)22-20(13-26-27-22)16-28(14-17-3-1-9-24-11-17)15-18-4-2-10-25-12-18/h1-12,20,22,26-27H,13-16H2. The van der Waals surface area contributed by atoms with Crippen LogP contribution in [-0.4, -0.2) is 28.0 Å². The first kappa shape index (κ1) is 18.7. The third-order valence-corrected chi connectivity index (χ3v) is 5.07. The summed E-state index contributed by atoms with van der Waals surface area (Å²) in [5.41, 5.74) is 10.1. The maximum absolute atomic E-state index is 13.3. The number of halogens is 1. The number of rotatable bonds is 7. The second kappa shape index (κ2) is 9.01. The molecule has 2 N–H and O–H groups in total. The molecule has 6 heteroatoms. The Balaban J connectivity index is 1.51. The number of aromatic nitrogens is 2. The molecule has 1 fully saturated rings. The summed E-state index contributed by atoms with van der Waals surface area (Å²) >= 11 is 0. The van der Waals surface area contributed by atoms with Gasteiger partial charge >= 0.3 is 0 Å². The molecule has 5 nitrogen and oxygen atoms in total. The lowest BCUT2D eigenvalue weighted by Gasteiger charge is -2.28. The van der Waals surface area contributed by atoms with Crippen LogP contribution in [0.15, 0.2) is 73.3 Å². The zero-order valence-electron chi connectivity index (χ0n) is 15.6. The lowest BCUT2D eigenvalue weighted by atomic mass is 9.94. The molecule has 1 saturated heterocycles. The number of hydrogen-bond donors (Lipinski definition) is 2. The van der Waals surface area contributed by atoms with E-state index in [1.807, 2.05) is 36.7 Å². The van der Waals surface area contributed by atoms with Gasteiger partial charge in [0.15, 0.2) is 0 Å². The molecule has 0 radical (unpaired) electrons. The van der Waals surface area contributed by atoms with Gasteiger partial charge in [0, 0.05) is 56.9 Å². The van der Waals surface area contributed by atoms with Crippen LogP contribution in [0.4, 0.5) is 4.39 Å². The largest absolute Gasteiger partial charge is 0.294 e. The molecule has 3 aromatic rings. The number of hydrazine groups is 1. The van der Waals surface area contributed by atoms with E-state index in [1.165, 1.54) is 23.3 Å². The minimum absolute atomic E-state index is 0.144. The zero-order chi connectivity index (χ0) is 19.2. The number of benzene rings is 1. The second-order valence-corrected chi connectivity index (χ2v) is 7.21. The lowest BCUT2D eigenvalue weighted by molar-refractivity contribution is 0.209. The molecule has 28 heavy (non-hydrogen) atoms. The van der Waals surface area contributed by atoms with Crippen LogP contribution < -0.4 is 10.9 Å². The van der Waals surface area contributed by atoms with Crippen LogP contribution >= 0.6 is 0 Å². The van der Waals surface area contributed by atoms with Crippen LogP contribution in [0.25, 0.3) is 0 Å². The Morgan fingerprint density at radius 1 is 0.929 bits per heavy atom. The van der Waals surface area contributed by atoms with Crippen LogP contribution in [0.3, 0.4) is 0 Å². The van der Waals surface area contributed by atoms with Crippen LogP contribution in [0.5, 0.6) is 0 Å². The summed E-state index contributed by atoms with van der Waals surface area (Å²) in [5.74, 6) is 0.153. The minimum atomic E-state index is -0.207. The Hall–Kier alpha value is -2.67. The van der Waals surface area contributed by atoms with Crippen molar-refractivity contribution in [1.29, 1.82) is 0 Å². The Labute approximate surface area is 164 Å². The van der Waals surface area contributed by atoms with E-state index in [-0.39, 0.29) is 11.9 Å². The smallest absolute Gasteiger partial charge is 0.123 e. The maximum Gasteiger partial charge on any atom is 0.123 e. The normalized spacial score (nSPS) is 19.2. The molecule has 144 valence electrons. The third-order valence-electron chi connectivity index (χ3n) is 5.07. The van der Waals surface area contributed by atoms with Crippen LogP contribution in [0.2, 0.25) is 0 Å². The highest BCUT2D eigenvalue weighted by molar-refractivity contribution is 5.22. The van der Waals surface area contributed by atoms with Gasteiger partial charge in [-0.2, -0.15) is 0 Å². The second-order valence-electron chi connectivity index (χ2n) is 7.21. The summed E-state index contributed by atoms with van der Waals surface area (Å²) in [6.45, 7) is 3.38. The van der Waals surface area contributed by atoms with Crippen molar-refractivity contribution in [2.24, 2.45) is 5.92 Å². The van der Waals surface area contributed by atoms with Gasteiger partial charge in [0.2, 0.25) is 0 Å². The summed E-state index contributed by atoms with van der Waals surface area (Å²) in [6.07, 6.45) is 7.42. The van der Waals surface area contributed by atoms with E-state index in [0.717, 1.165) is 31.7 Å². The molecule has 0 aliphatic carbocycles.